The standard InChI is InChI=1S/C8H6ClN3.C7H4ClN/c9-7-3-1-6(2-4-7)8-10-5-11-12-8;8-7-3-1-6(5-9)2-4-7/h1-5H,(H,10,11,12);1-4H. The summed E-state index contributed by atoms with van der Waals surface area (Å²) >= 11 is 11.3. The third-order valence-electron chi connectivity index (χ3n) is 2.51. The van der Waals surface area contributed by atoms with Crippen LogP contribution in [-0.4, -0.2) is 15.2 Å². The van der Waals surface area contributed by atoms with E-state index in [9.17, 15) is 0 Å². The molecule has 6 heteroatoms. The van der Waals surface area contributed by atoms with Gasteiger partial charge in [0.1, 0.15) is 6.33 Å². The van der Waals surface area contributed by atoms with Crippen LogP contribution in [0.25, 0.3) is 11.4 Å². The molecule has 2 aromatic carbocycles. The lowest BCUT2D eigenvalue weighted by molar-refractivity contribution is 1.10. The van der Waals surface area contributed by atoms with Gasteiger partial charge >= 0.3 is 0 Å². The lowest BCUT2D eigenvalue weighted by Gasteiger charge is -1.94. The normalized spacial score (nSPS) is 9.38. The molecule has 0 amide bonds. The number of halogens is 2. The van der Waals surface area contributed by atoms with Crippen molar-refractivity contribution in [3.63, 3.8) is 0 Å². The minimum atomic E-state index is 0.638. The van der Waals surface area contributed by atoms with Gasteiger partial charge in [-0.2, -0.15) is 10.4 Å². The van der Waals surface area contributed by atoms with Gasteiger partial charge in [-0.25, -0.2) is 4.98 Å². The van der Waals surface area contributed by atoms with E-state index in [0.29, 0.717) is 10.6 Å². The Balaban J connectivity index is 0.000000161. The molecule has 0 bridgehead atoms. The summed E-state index contributed by atoms with van der Waals surface area (Å²) < 4.78 is 0. The van der Waals surface area contributed by atoms with Gasteiger partial charge in [-0.1, -0.05) is 23.2 Å². The first kappa shape index (κ1) is 15.0. The summed E-state index contributed by atoms with van der Waals surface area (Å²) in [7, 11) is 0. The van der Waals surface area contributed by atoms with Crippen LogP contribution in [0, 0.1) is 11.3 Å². The van der Waals surface area contributed by atoms with E-state index in [-0.39, 0.29) is 0 Å². The highest BCUT2D eigenvalue weighted by Crippen LogP contribution is 2.16. The Kier molecular flexibility index (Phi) is 5.33. The summed E-state index contributed by atoms with van der Waals surface area (Å²) in [6.45, 7) is 0. The number of rotatable bonds is 1. The van der Waals surface area contributed by atoms with Gasteiger partial charge in [0.05, 0.1) is 11.6 Å². The number of aromatic amines is 1. The largest absolute Gasteiger partial charge is 0.259 e. The molecule has 0 atom stereocenters. The van der Waals surface area contributed by atoms with Crippen LogP contribution >= 0.6 is 23.2 Å². The molecule has 0 aliphatic heterocycles. The SMILES string of the molecule is Clc1ccc(-c2ncn[nH]2)cc1.N#Cc1ccc(Cl)cc1. The van der Waals surface area contributed by atoms with Crippen LogP contribution in [-0.2, 0) is 0 Å². The predicted octanol–water partition coefficient (Wildman–Crippen LogP) is 4.34. The monoisotopic (exact) mass is 316 g/mol. The van der Waals surface area contributed by atoms with Crippen molar-refractivity contribution in [2.45, 2.75) is 0 Å². The molecule has 0 fully saturated rings. The van der Waals surface area contributed by atoms with Crippen LogP contribution in [0.3, 0.4) is 0 Å². The van der Waals surface area contributed by atoms with Crippen molar-refractivity contribution in [3.8, 4) is 17.5 Å². The number of hydrogen-bond donors (Lipinski definition) is 1. The fraction of sp³-hybridized carbons (Fsp3) is 0. The van der Waals surface area contributed by atoms with Crippen molar-refractivity contribution < 1.29 is 0 Å². The van der Waals surface area contributed by atoms with Gasteiger partial charge in [-0.15, -0.1) is 0 Å². The summed E-state index contributed by atoms with van der Waals surface area (Å²) in [4.78, 5) is 4.01. The minimum absolute atomic E-state index is 0.638. The predicted molar refractivity (Wildman–Crippen MR) is 83.0 cm³/mol. The Morgan fingerprint density at radius 1 is 0.905 bits per heavy atom. The fourth-order valence-electron chi connectivity index (χ4n) is 1.48. The lowest BCUT2D eigenvalue weighted by atomic mass is 10.2. The van der Waals surface area contributed by atoms with Gasteiger partial charge in [-0.05, 0) is 48.5 Å². The fourth-order valence-corrected chi connectivity index (χ4v) is 1.73. The molecule has 0 saturated carbocycles. The smallest absolute Gasteiger partial charge is 0.155 e. The Morgan fingerprint density at radius 2 is 1.48 bits per heavy atom. The summed E-state index contributed by atoms with van der Waals surface area (Å²) in [5.74, 6) is 0.756. The Labute approximate surface area is 132 Å². The average molecular weight is 317 g/mol. The molecular weight excluding hydrogens is 307 g/mol. The second kappa shape index (κ2) is 7.44. The van der Waals surface area contributed by atoms with Crippen LogP contribution in [0.2, 0.25) is 10.0 Å². The van der Waals surface area contributed by atoms with E-state index >= 15 is 0 Å². The van der Waals surface area contributed by atoms with E-state index in [1.54, 1.807) is 24.3 Å². The molecule has 0 spiro atoms. The summed E-state index contributed by atoms with van der Waals surface area (Å²) in [5.41, 5.74) is 1.62. The summed E-state index contributed by atoms with van der Waals surface area (Å²) in [5, 5.41) is 16.2. The van der Waals surface area contributed by atoms with Crippen LogP contribution in [0.5, 0.6) is 0 Å². The molecule has 3 rings (SSSR count). The second-order valence-electron chi connectivity index (χ2n) is 3.96. The zero-order valence-corrected chi connectivity index (χ0v) is 12.3. The first-order valence-corrected chi connectivity index (χ1v) is 6.71. The van der Waals surface area contributed by atoms with E-state index < -0.39 is 0 Å². The average Bonchev–Trinajstić information content (AvgIpc) is 3.04. The van der Waals surface area contributed by atoms with Crippen LogP contribution in [0.4, 0.5) is 0 Å². The van der Waals surface area contributed by atoms with Gasteiger partial charge in [-0.3, -0.25) is 5.10 Å². The molecule has 0 aliphatic rings. The highest BCUT2D eigenvalue weighted by molar-refractivity contribution is 6.30. The Hall–Kier alpha value is -2.35. The molecule has 21 heavy (non-hydrogen) atoms. The first-order chi connectivity index (χ1) is 10.2. The number of nitrogens with zero attached hydrogens (tertiary/aromatic N) is 3. The van der Waals surface area contributed by atoms with Crippen LogP contribution in [0.15, 0.2) is 54.9 Å². The topological polar surface area (TPSA) is 65.4 Å². The molecule has 1 N–H and O–H groups in total. The van der Waals surface area contributed by atoms with Crippen molar-refractivity contribution >= 4 is 23.2 Å². The third-order valence-corrected chi connectivity index (χ3v) is 3.01. The first-order valence-electron chi connectivity index (χ1n) is 5.96. The highest BCUT2D eigenvalue weighted by Gasteiger charge is 1.98. The molecule has 4 nitrogen and oxygen atoms in total. The zero-order valence-electron chi connectivity index (χ0n) is 10.8. The third kappa shape index (κ3) is 4.60. The van der Waals surface area contributed by atoms with Crippen molar-refractivity contribution in [2.24, 2.45) is 0 Å². The van der Waals surface area contributed by atoms with Gasteiger partial charge in [0, 0.05) is 15.6 Å². The maximum Gasteiger partial charge on any atom is 0.155 e. The summed E-state index contributed by atoms with van der Waals surface area (Å²) in [6, 6.07) is 16.2. The number of hydrogen-bond acceptors (Lipinski definition) is 3. The number of nitrogens with one attached hydrogen (secondary N) is 1. The van der Waals surface area contributed by atoms with Crippen molar-refractivity contribution in [1.82, 2.24) is 15.2 Å². The summed E-state index contributed by atoms with van der Waals surface area (Å²) in [6.07, 6.45) is 1.48. The molecule has 0 unspecified atom stereocenters. The number of benzene rings is 2. The minimum Gasteiger partial charge on any atom is -0.259 e. The van der Waals surface area contributed by atoms with E-state index in [2.05, 4.69) is 15.2 Å². The van der Waals surface area contributed by atoms with E-state index in [4.69, 9.17) is 28.5 Å². The van der Waals surface area contributed by atoms with Crippen LogP contribution in [0.1, 0.15) is 5.56 Å². The molecular formula is C15H10Cl2N4. The lowest BCUT2D eigenvalue weighted by Crippen LogP contribution is -1.79. The van der Waals surface area contributed by atoms with Crippen LogP contribution < -0.4 is 0 Å². The Morgan fingerprint density at radius 3 is 1.95 bits per heavy atom. The number of nitriles is 1. The van der Waals surface area contributed by atoms with Gasteiger partial charge in [0.15, 0.2) is 5.82 Å². The van der Waals surface area contributed by atoms with Crippen molar-refractivity contribution in [1.29, 1.82) is 5.26 Å². The van der Waals surface area contributed by atoms with E-state index in [1.165, 1.54) is 6.33 Å². The maximum absolute atomic E-state index is 8.34. The molecule has 1 aromatic heterocycles. The molecule has 104 valence electrons. The maximum atomic E-state index is 8.34. The van der Waals surface area contributed by atoms with Gasteiger partial charge in [0.2, 0.25) is 0 Å². The molecule has 0 aliphatic carbocycles. The van der Waals surface area contributed by atoms with Crippen molar-refractivity contribution in [3.05, 3.63) is 70.5 Å². The van der Waals surface area contributed by atoms with E-state index in [1.807, 2.05) is 30.3 Å². The molecule has 0 saturated heterocycles. The molecule has 1 heterocycles. The highest BCUT2D eigenvalue weighted by atomic mass is 35.5. The Bertz CT molecular complexity index is 714. The molecule has 0 radical (unpaired) electrons. The quantitative estimate of drug-likeness (QED) is 0.726. The second-order valence-corrected chi connectivity index (χ2v) is 4.83. The number of H-pyrrole nitrogens is 1. The number of aromatic nitrogens is 3. The van der Waals surface area contributed by atoms with Gasteiger partial charge in [0.25, 0.3) is 0 Å². The van der Waals surface area contributed by atoms with Gasteiger partial charge < -0.3 is 0 Å². The zero-order chi connectivity index (χ0) is 15.1. The molecule has 3 aromatic rings. The van der Waals surface area contributed by atoms with E-state index in [0.717, 1.165) is 16.4 Å². The van der Waals surface area contributed by atoms with Crippen molar-refractivity contribution in [2.75, 3.05) is 0 Å².